The Morgan fingerprint density at radius 1 is 1.50 bits per heavy atom. The molecule has 1 aromatic heterocycles. The Balaban J connectivity index is 2.00. The van der Waals surface area contributed by atoms with Crippen LogP contribution in [0.3, 0.4) is 0 Å². The average Bonchev–Trinajstić information content (AvgIpc) is 2.93. The van der Waals surface area contributed by atoms with Gasteiger partial charge in [-0.2, -0.15) is 0 Å². The Morgan fingerprint density at radius 3 is 2.75 bits per heavy atom. The van der Waals surface area contributed by atoms with E-state index >= 15 is 0 Å². The molecule has 1 aliphatic rings. The Morgan fingerprint density at radius 2 is 2.21 bits per heavy atom. The second-order valence-electron chi connectivity index (χ2n) is 6.98. The van der Waals surface area contributed by atoms with Crippen molar-refractivity contribution in [3.63, 3.8) is 0 Å². The highest BCUT2D eigenvalue weighted by Gasteiger charge is 2.32. The maximum absolute atomic E-state index is 12.3. The third-order valence-corrected chi connectivity index (χ3v) is 3.82. The molecule has 1 fully saturated rings. The molecule has 8 heteroatoms. The molecule has 1 amide bonds. The fourth-order valence-corrected chi connectivity index (χ4v) is 2.71. The van der Waals surface area contributed by atoms with Crippen LogP contribution in [0.5, 0.6) is 0 Å². The van der Waals surface area contributed by atoms with Gasteiger partial charge in [0.2, 0.25) is 0 Å². The summed E-state index contributed by atoms with van der Waals surface area (Å²) in [6.07, 6.45) is 2.78. The van der Waals surface area contributed by atoms with Gasteiger partial charge in [-0.05, 0) is 39.7 Å². The first-order chi connectivity index (χ1) is 11.2. The Kier molecular flexibility index (Phi) is 5.26. The zero-order valence-electron chi connectivity index (χ0n) is 14.6. The van der Waals surface area contributed by atoms with E-state index in [1.165, 1.54) is 12.3 Å². The molecule has 1 saturated heterocycles. The second kappa shape index (κ2) is 7.02. The van der Waals surface area contributed by atoms with Crippen molar-refractivity contribution < 1.29 is 14.5 Å². The number of nitro groups is 1. The van der Waals surface area contributed by atoms with Crippen LogP contribution in [0.4, 0.5) is 16.3 Å². The van der Waals surface area contributed by atoms with Crippen LogP contribution < -0.4 is 4.90 Å². The Hall–Kier alpha value is -2.38. The first kappa shape index (κ1) is 18.0. The van der Waals surface area contributed by atoms with Gasteiger partial charge in [0.05, 0.1) is 11.0 Å². The summed E-state index contributed by atoms with van der Waals surface area (Å²) in [7, 11) is 1.86. The smallest absolute Gasteiger partial charge is 0.410 e. The predicted octanol–water partition coefficient (Wildman–Crippen LogP) is 2.83. The molecule has 1 atom stereocenters. The van der Waals surface area contributed by atoms with Crippen LogP contribution in [-0.2, 0) is 4.74 Å². The van der Waals surface area contributed by atoms with Crippen molar-refractivity contribution >= 4 is 17.6 Å². The van der Waals surface area contributed by atoms with Crippen LogP contribution in [0.15, 0.2) is 18.3 Å². The summed E-state index contributed by atoms with van der Waals surface area (Å²) in [5.74, 6) is 0.636. The van der Waals surface area contributed by atoms with Crippen LogP contribution in [0, 0.1) is 10.1 Å². The molecule has 1 aliphatic heterocycles. The van der Waals surface area contributed by atoms with Gasteiger partial charge in [0.25, 0.3) is 5.69 Å². The number of likely N-dealkylation sites (tertiary alicyclic amines) is 1. The van der Waals surface area contributed by atoms with Crippen LogP contribution >= 0.6 is 0 Å². The summed E-state index contributed by atoms with van der Waals surface area (Å²) >= 11 is 0. The summed E-state index contributed by atoms with van der Waals surface area (Å²) in [5.41, 5.74) is -0.556. The number of amides is 1. The lowest BCUT2D eigenvalue weighted by Crippen LogP contribution is -2.44. The SMILES string of the molecule is CN(C[C@H]1CCCN1C(=O)OC(C)(C)C)c1ccc([N+](=O)[O-])cn1. The predicted molar refractivity (Wildman–Crippen MR) is 90.1 cm³/mol. The lowest BCUT2D eigenvalue weighted by atomic mass is 10.2. The number of hydrogen-bond donors (Lipinski definition) is 0. The van der Waals surface area contributed by atoms with E-state index in [9.17, 15) is 14.9 Å². The van der Waals surface area contributed by atoms with E-state index in [0.717, 1.165) is 12.8 Å². The number of aromatic nitrogens is 1. The van der Waals surface area contributed by atoms with Gasteiger partial charge >= 0.3 is 6.09 Å². The van der Waals surface area contributed by atoms with E-state index in [1.807, 2.05) is 32.7 Å². The number of pyridine rings is 1. The van der Waals surface area contributed by atoms with E-state index in [0.29, 0.717) is 18.9 Å². The number of ether oxygens (including phenoxy) is 1. The molecule has 0 aliphatic carbocycles. The highest BCUT2D eigenvalue weighted by molar-refractivity contribution is 5.69. The van der Waals surface area contributed by atoms with E-state index in [2.05, 4.69) is 4.98 Å². The minimum atomic E-state index is -0.518. The van der Waals surface area contributed by atoms with E-state index in [4.69, 9.17) is 4.74 Å². The molecule has 0 spiro atoms. The summed E-state index contributed by atoms with van der Waals surface area (Å²) < 4.78 is 5.46. The lowest BCUT2D eigenvalue weighted by Gasteiger charge is -2.31. The lowest BCUT2D eigenvalue weighted by molar-refractivity contribution is -0.385. The molecular weight excluding hydrogens is 312 g/mol. The van der Waals surface area contributed by atoms with Gasteiger partial charge in [0, 0.05) is 26.2 Å². The third-order valence-electron chi connectivity index (χ3n) is 3.82. The molecule has 0 N–H and O–H groups in total. The van der Waals surface area contributed by atoms with Crippen LogP contribution in [0.2, 0.25) is 0 Å². The molecule has 0 unspecified atom stereocenters. The van der Waals surface area contributed by atoms with Crippen LogP contribution in [0.25, 0.3) is 0 Å². The van der Waals surface area contributed by atoms with Crippen molar-refractivity contribution in [2.75, 3.05) is 25.0 Å². The monoisotopic (exact) mass is 336 g/mol. The standard InChI is InChI=1S/C16H24N4O4/c1-16(2,3)24-15(21)19-9-5-6-13(19)11-18(4)14-8-7-12(10-17-14)20(22)23/h7-8,10,13H,5-6,9,11H2,1-4H3/t13-/m1/s1. The fourth-order valence-electron chi connectivity index (χ4n) is 2.71. The maximum atomic E-state index is 12.3. The van der Waals surface area contributed by atoms with Gasteiger partial charge in [-0.25, -0.2) is 9.78 Å². The molecule has 0 saturated carbocycles. The van der Waals surface area contributed by atoms with Gasteiger partial charge < -0.3 is 14.5 Å². The van der Waals surface area contributed by atoms with Gasteiger partial charge in [0.1, 0.15) is 17.6 Å². The quantitative estimate of drug-likeness (QED) is 0.620. The van der Waals surface area contributed by atoms with Gasteiger partial charge in [0.15, 0.2) is 0 Å². The first-order valence-corrected chi connectivity index (χ1v) is 7.98. The van der Waals surface area contributed by atoms with Crippen molar-refractivity contribution in [3.05, 3.63) is 28.4 Å². The molecule has 0 aromatic carbocycles. The van der Waals surface area contributed by atoms with Crippen molar-refractivity contribution in [1.82, 2.24) is 9.88 Å². The molecule has 2 rings (SSSR count). The van der Waals surface area contributed by atoms with E-state index in [1.54, 1.807) is 11.0 Å². The molecule has 132 valence electrons. The largest absolute Gasteiger partial charge is 0.444 e. The number of anilines is 1. The number of carbonyl (C=O) groups is 1. The third kappa shape index (κ3) is 4.56. The number of likely N-dealkylation sites (N-methyl/N-ethyl adjacent to an activating group) is 1. The Bertz CT molecular complexity index is 597. The zero-order valence-corrected chi connectivity index (χ0v) is 14.6. The first-order valence-electron chi connectivity index (χ1n) is 7.98. The zero-order chi connectivity index (χ0) is 17.9. The fraction of sp³-hybridized carbons (Fsp3) is 0.625. The molecular formula is C16H24N4O4. The van der Waals surface area contributed by atoms with Crippen LogP contribution in [-0.4, -0.2) is 52.7 Å². The molecule has 24 heavy (non-hydrogen) atoms. The van der Waals surface area contributed by atoms with E-state index < -0.39 is 10.5 Å². The van der Waals surface area contributed by atoms with Crippen molar-refractivity contribution in [1.29, 1.82) is 0 Å². The minimum absolute atomic E-state index is 0.0385. The van der Waals surface area contributed by atoms with Crippen molar-refractivity contribution in [2.24, 2.45) is 0 Å². The number of hydrogen-bond acceptors (Lipinski definition) is 6. The number of nitrogens with zero attached hydrogens (tertiary/aromatic N) is 4. The van der Waals surface area contributed by atoms with Crippen molar-refractivity contribution in [3.8, 4) is 0 Å². The second-order valence-corrected chi connectivity index (χ2v) is 6.98. The van der Waals surface area contributed by atoms with Gasteiger partial charge in [-0.1, -0.05) is 0 Å². The van der Waals surface area contributed by atoms with Crippen LogP contribution in [0.1, 0.15) is 33.6 Å². The summed E-state index contributed by atoms with van der Waals surface area (Å²) in [6.45, 7) is 6.83. The highest BCUT2D eigenvalue weighted by Crippen LogP contribution is 2.23. The van der Waals surface area contributed by atoms with Gasteiger partial charge in [-0.15, -0.1) is 0 Å². The molecule has 1 aromatic rings. The van der Waals surface area contributed by atoms with E-state index in [-0.39, 0.29) is 17.8 Å². The minimum Gasteiger partial charge on any atom is -0.444 e. The van der Waals surface area contributed by atoms with Gasteiger partial charge in [-0.3, -0.25) is 10.1 Å². The number of rotatable bonds is 4. The number of carbonyl (C=O) groups excluding carboxylic acids is 1. The molecule has 0 radical (unpaired) electrons. The Labute approximate surface area is 141 Å². The topological polar surface area (TPSA) is 88.8 Å². The summed E-state index contributed by atoms with van der Waals surface area (Å²) in [5, 5.41) is 10.7. The molecule has 2 heterocycles. The maximum Gasteiger partial charge on any atom is 0.410 e. The summed E-state index contributed by atoms with van der Waals surface area (Å²) in [6, 6.07) is 3.09. The summed E-state index contributed by atoms with van der Waals surface area (Å²) in [4.78, 5) is 30.3. The normalized spacial score (nSPS) is 17.7. The average molecular weight is 336 g/mol. The molecule has 0 bridgehead atoms. The molecule has 8 nitrogen and oxygen atoms in total. The van der Waals surface area contributed by atoms with Crippen molar-refractivity contribution in [2.45, 2.75) is 45.3 Å². The highest BCUT2D eigenvalue weighted by atomic mass is 16.6.